The molecule has 1 aromatic carbocycles. The van der Waals surface area contributed by atoms with Gasteiger partial charge in [-0.3, -0.25) is 9.59 Å². The van der Waals surface area contributed by atoms with E-state index in [-0.39, 0.29) is 11.7 Å². The topological polar surface area (TPSA) is 88.6 Å². The van der Waals surface area contributed by atoms with Crippen molar-refractivity contribution in [2.24, 2.45) is 11.8 Å². The zero-order chi connectivity index (χ0) is 16.8. The Morgan fingerprint density at radius 2 is 2.00 bits per heavy atom. The Hall–Kier alpha value is -2.81. The van der Waals surface area contributed by atoms with Gasteiger partial charge in [0.25, 0.3) is 0 Å². The van der Waals surface area contributed by atoms with Gasteiger partial charge in [0.1, 0.15) is 12.7 Å². The predicted octanol–water partition coefficient (Wildman–Crippen LogP) is 2.26. The Bertz CT molecular complexity index is 714. The van der Waals surface area contributed by atoms with E-state index >= 15 is 0 Å². The maximum Gasteiger partial charge on any atom is 0.187 e. The molecule has 2 aromatic rings. The number of hydrogen-bond acceptors (Lipinski definition) is 5. The lowest BCUT2D eigenvalue weighted by atomic mass is 9.87. The number of ketones is 2. The SMILES string of the molecule is CC[C@H](C)C(=O)[C@@H](C#N)C(=O)c1ccc(Cn2cncn2)cc1. The van der Waals surface area contributed by atoms with Gasteiger partial charge in [0.15, 0.2) is 17.5 Å². The standard InChI is InChI=1S/C17H18N4O2/c1-3-12(2)16(22)15(8-18)17(23)14-6-4-13(5-7-14)9-21-11-19-10-20-21/h4-7,10-12,15H,3,9H2,1-2H3/t12-,15+/m0/s1. The van der Waals surface area contributed by atoms with Crippen molar-refractivity contribution < 1.29 is 9.59 Å². The molecule has 0 spiro atoms. The van der Waals surface area contributed by atoms with Crippen LogP contribution >= 0.6 is 0 Å². The van der Waals surface area contributed by atoms with Crippen molar-refractivity contribution in [1.29, 1.82) is 5.26 Å². The number of carbonyl (C=O) groups excluding carboxylic acids is 2. The minimum Gasteiger partial charge on any atom is -0.297 e. The van der Waals surface area contributed by atoms with Crippen LogP contribution in [0.4, 0.5) is 0 Å². The van der Waals surface area contributed by atoms with Gasteiger partial charge >= 0.3 is 0 Å². The maximum absolute atomic E-state index is 12.4. The van der Waals surface area contributed by atoms with Crippen molar-refractivity contribution in [3.05, 3.63) is 48.0 Å². The van der Waals surface area contributed by atoms with Gasteiger partial charge in [-0.2, -0.15) is 10.4 Å². The monoisotopic (exact) mass is 310 g/mol. The lowest BCUT2D eigenvalue weighted by Crippen LogP contribution is -2.27. The number of nitrogens with zero attached hydrogens (tertiary/aromatic N) is 4. The summed E-state index contributed by atoms with van der Waals surface area (Å²) >= 11 is 0. The third-order valence-corrected chi connectivity index (χ3v) is 3.82. The molecule has 0 bridgehead atoms. The molecule has 6 heteroatoms. The summed E-state index contributed by atoms with van der Waals surface area (Å²) in [6, 6.07) is 8.71. The first-order chi connectivity index (χ1) is 11.1. The summed E-state index contributed by atoms with van der Waals surface area (Å²) in [6.07, 6.45) is 3.67. The fourth-order valence-electron chi connectivity index (χ4n) is 2.18. The van der Waals surface area contributed by atoms with Crippen molar-refractivity contribution in [3.63, 3.8) is 0 Å². The normalized spacial score (nSPS) is 13.1. The predicted molar refractivity (Wildman–Crippen MR) is 83.5 cm³/mol. The summed E-state index contributed by atoms with van der Waals surface area (Å²) in [5.41, 5.74) is 1.32. The molecule has 0 amide bonds. The van der Waals surface area contributed by atoms with Gasteiger partial charge in [-0.05, 0) is 12.0 Å². The molecule has 1 aromatic heterocycles. The van der Waals surface area contributed by atoms with Gasteiger partial charge in [-0.1, -0.05) is 38.1 Å². The summed E-state index contributed by atoms with van der Waals surface area (Å²) in [5, 5.41) is 13.2. The molecule has 0 aliphatic carbocycles. The first-order valence-corrected chi connectivity index (χ1v) is 7.45. The molecular formula is C17H18N4O2. The van der Waals surface area contributed by atoms with E-state index in [1.165, 1.54) is 6.33 Å². The van der Waals surface area contributed by atoms with E-state index in [4.69, 9.17) is 0 Å². The molecule has 0 saturated carbocycles. The van der Waals surface area contributed by atoms with Crippen LogP contribution in [0, 0.1) is 23.2 Å². The second kappa shape index (κ2) is 7.45. The molecule has 2 rings (SSSR count). The lowest BCUT2D eigenvalue weighted by molar-refractivity contribution is -0.123. The van der Waals surface area contributed by atoms with E-state index in [1.54, 1.807) is 42.2 Å². The van der Waals surface area contributed by atoms with E-state index in [9.17, 15) is 14.9 Å². The largest absolute Gasteiger partial charge is 0.297 e. The molecule has 2 atom stereocenters. The molecule has 118 valence electrons. The van der Waals surface area contributed by atoms with Gasteiger partial charge in [0, 0.05) is 11.5 Å². The second-order valence-corrected chi connectivity index (χ2v) is 5.43. The molecule has 0 radical (unpaired) electrons. The van der Waals surface area contributed by atoms with Crippen LogP contribution in [0.5, 0.6) is 0 Å². The van der Waals surface area contributed by atoms with Crippen LogP contribution in [-0.2, 0) is 11.3 Å². The average molecular weight is 310 g/mol. The van der Waals surface area contributed by atoms with Crippen LogP contribution in [0.25, 0.3) is 0 Å². The Kier molecular flexibility index (Phi) is 5.36. The van der Waals surface area contributed by atoms with Crippen molar-refractivity contribution in [2.45, 2.75) is 26.8 Å². The van der Waals surface area contributed by atoms with Crippen molar-refractivity contribution >= 4 is 11.6 Å². The molecule has 1 heterocycles. The van der Waals surface area contributed by atoms with Crippen LogP contribution in [0.1, 0.15) is 36.2 Å². The highest BCUT2D eigenvalue weighted by Crippen LogP contribution is 2.17. The Labute approximate surface area is 134 Å². The summed E-state index contributed by atoms with van der Waals surface area (Å²) in [5.74, 6) is -2.28. The smallest absolute Gasteiger partial charge is 0.187 e. The fraction of sp³-hybridized carbons (Fsp3) is 0.353. The summed E-state index contributed by atoms with van der Waals surface area (Å²) in [6.45, 7) is 4.14. The molecule has 0 aliphatic rings. The van der Waals surface area contributed by atoms with Crippen molar-refractivity contribution in [2.75, 3.05) is 0 Å². The zero-order valence-electron chi connectivity index (χ0n) is 13.1. The van der Waals surface area contributed by atoms with E-state index in [1.807, 2.05) is 13.0 Å². The molecule has 0 saturated heterocycles. The van der Waals surface area contributed by atoms with Gasteiger partial charge in [0.2, 0.25) is 0 Å². The fourth-order valence-corrected chi connectivity index (χ4v) is 2.18. The number of rotatable bonds is 7. The van der Waals surface area contributed by atoms with Gasteiger partial charge in [-0.25, -0.2) is 9.67 Å². The number of nitriles is 1. The molecule has 0 unspecified atom stereocenters. The Morgan fingerprint density at radius 3 is 2.52 bits per heavy atom. The lowest BCUT2D eigenvalue weighted by Gasteiger charge is -2.12. The number of carbonyl (C=O) groups is 2. The van der Waals surface area contributed by atoms with Crippen LogP contribution in [-0.4, -0.2) is 26.3 Å². The Balaban J connectivity index is 2.13. The summed E-state index contributed by atoms with van der Waals surface area (Å²) < 4.78 is 1.67. The zero-order valence-corrected chi connectivity index (χ0v) is 13.1. The van der Waals surface area contributed by atoms with E-state index in [0.29, 0.717) is 18.5 Å². The highest BCUT2D eigenvalue weighted by atomic mass is 16.2. The number of aromatic nitrogens is 3. The number of hydrogen-bond donors (Lipinski definition) is 0. The summed E-state index contributed by atoms with van der Waals surface area (Å²) in [4.78, 5) is 28.4. The van der Waals surface area contributed by atoms with Gasteiger partial charge < -0.3 is 0 Å². The van der Waals surface area contributed by atoms with Crippen molar-refractivity contribution in [1.82, 2.24) is 14.8 Å². The van der Waals surface area contributed by atoms with Gasteiger partial charge in [-0.15, -0.1) is 0 Å². The summed E-state index contributed by atoms with van der Waals surface area (Å²) in [7, 11) is 0. The molecule has 23 heavy (non-hydrogen) atoms. The Morgan fingerprint density at radius 1 is 1.30 bits per heavy atom. The first kappa shape index (κ1) is 16.6. The minimum absolute atomic E-state index is 0.296. The molecule has 0 aliphatic heterocycles. The number of benzene rings is 1. The second-order valence-electron chi connectivity index (χ2n) is 5.43. The molecule has 0 fully saturated rings. The van der Waals surface area contributed by atoms with Crippen LogP contribution in [0.15, 0.2) is 36.9 Å². The molecular weight excluding hydrogens is 292 g/mol. The van der Waals surface area contributed by atoms with E-state index in [0.717, 1.165) is 5.56 Å². The van der Waals surface area contributed by atoms with Crippen LogP contribution < -0.4 is 0 Å². The van der Waals surface area contributed by atoms with Gasteiger partial charge in [0.05, 0.1) is 12.6 Å². The third-order valence-electron chi connectivity index (χ3n) is 3.82. The molecule has 0 N–H and O–H groups in total. The third kappa shape index (κ3) is 3.89. The molecule has 6 nitrogen and oxygen atoms in total. The number of Topliss-reactive ketones (excluding diaryl/α,β-unsaturated/α-hetero) is 2. The van der Waals surface area contributed by atoms with Crippen LogP contribution in [0.3, 0.4) is 0 Å². The van der Waals surface area contributed by atoms with Crippen LogP contribution in [0.2, 0.25) is 0 Å². The van der Waals surface area contributed by atoms with E-state index in [2.05, 4.69) is 10.1 Å². The van der Waals surface area contributed by atoms with E-state index < -0.39 is 11.7 Å². The average Bonchev–Trinajstić information content (AvgIpc) is 3.08. The quantitative estimate of drug-likeness (QED) is 0.578. The van der Waals surface area contributed by atoms with Crippen molar-refractivity contribution in [3.8, 4) is 6.07 Å². The first-order valence-electron chi connectivity index (χ1n) is 7.45. The maximum atomic E-state index is 12.4. The minimum atomic E-state index is -1.23. The highest BCUT2D eigenvalue weighted by Gasteiger charge is 2.30. The highest BCUT2D eigenvalue weighted by molar-refractivity contribution is 6.13.